The van der Waals surface area contributed by atoms with Crippen molar-refractivity contribution in [3.63, 3.8) is 0 Å². The van der Waals surface area contributed by atoms with Gasteiger partial charge in [0.05, 0.1) is 12.8 Å². The molecule has 106 valence electrons. The topological polar surface area (TPSA) is 92.4 Å². The zero-order valence-electron chi connectivity index (χ0n) is 10.9. The van der Waals surface area contributed by atoms with Crippen molar-refractivity contribution in [2.75, 3.05) is 13.2 Å². The molecule has 1 aliphatic heterocycles. The van der Waals surface area contributed by atoms with Gasteiger partial charge in [-0.05, 0) is 26.7 Å². The number of aryl methyl sites for hydroxylation is 1. The average Bonchev–Trinajstić information content (AvgIpc) is 2.97. The van der Waals surface area contributed by atoms with Crippen LogP contribution in [0.4, 0.5) is 0 Å². The predicted molar refractivity (Wildman–Crippen MR) is 66.9 cm³/mol. The Hall–Kier alpha value is -1.41. The second-order valence-corrected chi connectivity index (χ2v) is 6.22. The van der Waals surface area contributed by atoms with Crippen LogP contribution in [-0.2, 0) is 19.6 Å². The number of carbonyl (C=O) groups is 1. The number of nitrogens with zero attached hydrogens (tertiary/aromatic N) is 2. The third-order valence-electron chi connectivity index (χ3n) is 3.03. The van der Waals surface area contributed by atoms with Crippen LogP contribution >= 0.6 is 0 Å². The summed E-state index contributed by atoms with van der Waals surface area (Å²) in [6.45, 7) is 3.94. The molecule has 0 spiro atoms. The van der Waals surface area contributed by atoms with Crippen LogP contribution in [0.25, 0.3) is 0 Å². The van der Waals surface area contributed by atoms with Gasteiger partial charge in [-0.3, -0.25) is 4.79 Å². The van der Waals surface area contributed by atoms with E-state index < -0.39 is 22.0 Å². The molecule has 8 heteroatoms. The molecule has 1 aromatic heterocycles. The van der Waals surface area contributed by atoms with Crippen LogP contribution in [0.5, 0.6) is 0 Å². The molecule has 0 radical (unpaired) electrons. The first-order chi connectivity index (χ1) is 8.96. The van der Waals surface area contributed by atoms with Crippen molar-refractivity contribution in [3.05, 3.63) is 12.0 Å². The van der Waals surface area contributed by atoms with Crippen molar-refractivity contribution in [2.45, 2.75) is 37.8 Å². The number of H-pyrrole nitrogens is 1. The lowest BCUT2D eigenvalue weighted by Gasteiger charge is -2.21. The van der Waals surface area contributed by atoms with Crippen molar-refractivity contribution in [1.82, 2.24) is 14.3 Å². The first kappa shape index (κ1) is 14.0. The SMILES string of the molecule is CCOC(=O)C1CCCN1S(=O)(=O)c1cnc(C)[nH]1. The second-order valence-electron chi connectivity index (χ2n) is 4.36. The predicted octanol–water partition coefficient (Wildman–Crippen LogP) is 0.434. The van der Waals surface area contributed by atoms with Gasteiger partial charge in [0.1, 0.15) is 11.9 Å². The van der Waals surface area contributed by atoms with Crippen LogP contribution < -0.4 is 0 Å². The van der Waals surface area contributed by atoms with E-state index in [1.54, 1.807) is 13.8 Å². The molecule has 19 heavy (non-hydrogen) atoms. The Morgan fingerprint density at radius 3 is 2.95 bits per heavy atom. The fourth-order valence-corrected chi connectivity index (χ4v) is 3.77. The number of imidazole rings is 1. The van der Waals surface area contributed by atoms with Crippen LogP contribution in [0.3, 0.4) is 0 Å². The third kappa shape index (κ3) is 2.64. The van der Waals surface area contributed by atoms with Crippen molar-refractivity contribution in [3.8, 4) is 0 Å². The van der Waals surface area contributed by atoms with E-state index in [0.29, 0.717) is 25.2 Å². The second kappa shape index (κ2) is 5.30. The number of hydrogen-bond acceptors (Lipinski definition) is 5. The summed E-state index contributed by atoms with van der Waals surface area (Å²) in [6.07, 6.45) is 2.41. The van der Waals surface area contributed by atoms with Crippen LogP contribution in [0.2, 0.25) is 0 Å². The number of hydrogen-bond donors (Lipinski definition) is 1. The number of esters is 1. The first-order valence-corrected chi connectivity index (χ1v) is 7.61. The minimum atomic E-state index is -3.72. The number of rotatable bonds is 4. The van der Waals surface area contributed by atoms with Gasteiger partial charge in [0.25, 0.3) is 10.0 Å². The minimum absolute atomic E-state index is 0.0150. The molecule has 0 amide bonds. The quantitative estimate of drug-likeness (QED) is 0.811. The van der Waals surface area contributed by atoms with E-state index in [2.05, 4.69) is 9.97 Å². The van der Waals surface area contributed by atoms with Crippen LogP contribution in [0.1, 0.15) is 25.6 Å². The van der Waals surface area contributed by atoms with Gasteiger partial charge in [0.2, 0.25) is 0 Å². The summed E-state index contributed by atoms with van der Waals surface area (Å²) in [5, 5.41) is 0.0150. The van der Waals surface area contributed by atoms with Gasteiger partial charge in [-0.1, -0.05) is 0 Å². The molecule has 1 fully saturated rings. The van der Waals surface area contributed by atoms with E-state index in [-0.39, 0.29) is 11.6 Å². The average molecular weight is 287 g/mol. The monoisotopic (exact) mass is 287 g/mol. The van der Waals surface area contributed by atoms with Gasteiger partial charge in [-0.25, -0.2) is 13.4 Å². The highest BCUT2D eigenvalue weighted by atomic mass is 32.2. The lowest BCUT2D eigenvalue weighted by atomic mass is 10.2. The highest BCUT2D eigenvalue weighted by Gasteiger charge is 2.40. The highest BCUT2D eigenvalue weighted by Crippen LogP contribution is 2.25. The Morgan fingerprint density at radius 1 is 1.63 bits per heavy atom. The van der Waals surface area contributed by atoms with E-state index >= 15 is 0 Å². The van der Waals surface area contributed by atoms with Gasteiger partial charge in [0, 0.05) is 6.54 Å². The molecule has 0 bridgehead atoms. The van der Waals surface area contributed by atoms with E-state index in [4.69, 9.17) is 4.74 Å². The smallest absolute Gasteiger partial charge is 0.324 e. The molecule has 1 saturated heterocycles. The third-order valence-corrected chi connectivity index (χ3v) is 4.85. The summed E-state index contributed by atoms with van der Waals surface area (Å²) in [7, 11) is -3.72. The van der Waals surface area contributed by atoms with E-state index in [1.807, 2.05) is 0 Å². The van der Waals surface area contributed by atoms with Gasteiger partial charge in [-0.2, -0.15) is 4.31 Å². The number of carbonyl (C=O) groups excluding carboxylic acids is 1. The fourth-order valence-electron chi connectivity index (χ4n) is 2.16. The fraction of sp³-hybridized carbons (Fsp3) is 0.636. The Bertz CT molecular complexity index is 566. The molecule has 1 atom stereocenters. The van der Waals surface area contributed by atoms with Crippen molar-refractivity contribution in [2.24, 2.45) is 0 Å². The maximum Gasteiger partial charge on any atom is 0.324 e. The van der Waals surface area contributed by atoms with E-state index in [0.717, 1.165) is 0 Å². The zero-order valence-corrected chi connectivity index (χ0v) is 11.7. The summed E-state index contributed by atoms with van der Waals surface area (Å²) < 4.78 is 30.9. The molecule has 0 aromatic carbocycles. The molecule has 0 saturated carbocycles. The maximum atomic E-state index is 12.4. The largest absolute Gasteiger partial charge is 0.465 e. The van der Waals surface area contributed by atoms with Crippen LogP contribution in [0.15, 0.2) is 11.2 Å². The van der Waals surface area contributed by atoms with Gasteiger partial charge in [-0.15, -0.1) is 0 Å². The van der Waals surface area contributed by atoms with Gasteiger partial charge in [0.15, 0.2) is 5.03 Å². The first-order valence-electron chi connectivity index (χ1n) is 6.17. The molecule has 2 heterocycles. The number of ether oxygens (including phenoxy) is 1. The molecule has 1 unspecified atom stereocenters. The van der Waals surface area contributed by atoms with Crippen LogP contribution in [-0.4, -0.2) is 47.9 Å². The molecular weight excluding hydrogens is 270 g/mol. The number of nitrogens with one attached hydrogen (secondary N) is 1. The van der Waals surface area contributed by atoms with Crippen LogP contribution in [0, 0.1) is 6.92 Å². The summed E-state index contributed by atoms with van der Waals surface area (Å²) >= 11 is 0. The van der Waals surface area contributed by atoms with E-state index in [1.165, 1.54) is 10.5 Å². The molecule has 0 aliphatic carbocycles. The minimum Gasteiger partial charge on any atom is -0.465 e. The molecule has 2 rings (SSSR count). The summed E-state index contributed by atoms with van der Waals surface area (Å²) in [4.78, 5) is 18.4. The Morgan fingerprint density at radius 2 is 2.37 bits per heavy atom. The summed E-state index contributed by atoms with van der Waals surface area (Å²) in [5.41, 5.74) is 0. The highest BCUT2D eigenvalue weighted by molar-refractivity contribution is 7.89. The van der Waals surface area contributed by atoms with Crippen molar-refractivity contribution < 1.29 is 17.9 Å². The number of aromatic nitrogens is 2. The molecular formula is C11H17N3O4S. The Balaban J connectivity index is 2.27. The summed E-state index contributed by atoms with van der Waals surface area (Å²) in [6, 6.07) is -0.728. The molecule has 1 aliphatic rings. The van der Waals surface area contributed by atoms with Crippen molar-refractivity contribution in [1.29, 1.82) is 0 Å². The Kier molecular flexibility index (Phi) is 3.91. The Labute approximate surface area is 112 Å². The maximum absolute atomic E-state index is 12.4. The molecule has 1 N–H and O–H groups in total. The lowest BCUT2D eigenvalue weighted by Crippen LogP contribution is -2.41. The lowest BCUT2D eigenvalue weighted by molar-refractivity contribution is -0.146. The number of aromatic amines is 1. The van der Waals surface area contributed by atoms with E-state index in [9.17, 15) is 13.2 Å². The van der Waals surface area contributed by atoms with Crippen molar-refractivity contribution >= 4 is 16.0 Å². The normalized spacial score (nSPS) is 20.6. The standard InChI is InChI=1S/C11H17N3O4S/c1-3-18-11(15)9-5-4-6-14(9)19(16,17)10-7-12-8(2)13-10/h7,9H,3-6H2,1-2H3,(H,12,13). The van der Waals surface area contributed by atoms with Gasteiger partial charge >= 0.3 is 5.97 Å². The molecule has 1 aromatic rings. The summed E-state index contributed by atoms with van der Waals surface area (Å²) in [5.74, 6) is 0.0327. The number of sulfonamides is 1. The molecule has 7 nitrogen and oxygen atoms in total. The van der Waals surface area contributed by atoms with Gasteiger partial charge < -0.3 is 9.72 Å². The zero-order chi connectivity index (χ0) is 14.0.